The standard InChI is InChI=1S/C27H30N4O4S/c1-16(2)31(26(33)19-6-4-17(3)5-7-19)22-14-23(36-24(22)27(34)35)18-8-10-20(11-9-18)30-25(32)21-12-13-28-15-29-21/h8-17,19H,4-7H2,1-3H3,(H,30,32)(H,34,35)/t17-,19-. The number of nitrogens with zero attached hydrogens (tertiary/aromatic N) is 3. The number of benzene rings is 1. The second-order valence-corrected chi connectivity index (χ2v) is 10.6. The van der Waals surface area contributed by atoms with Crippen molar-refractivity contribution < 1.29 is 19.5 Å². The first-order valence-electron chi connectivity index (χ1n) is 12.1. The molecule has 1 aliphatic carbocycles. The summed E-state index contributed by atoms with van der Waals surface area (Å²) in [5, 5.41) is 12.7. The van der Waals surface area contributed by atoms with Gasteiger partial charge in [-0.05, 0) is 75.3 Å². The van der Waals surface area contributed by atoms with Crippen molar-refractivity contribution >= 4 is 40.5 Å². The molecule has 2 heterocycles. The quantitative estimate of drug-likeness (QED) is 0.424. The number of hydrogen-bond acceptors (Lipinski definition) is 6. The summed E-state index contributed by atoms with van der Waals surface area (Å²) in [5.41, 5.74) is 2.09. The summed E-state index contributed by atoms with van der Waals surface area (Å²) in [6.07, 6.45) is 6.52. The lowest BCUT2D eigenvalue weighted by atomic mass is 9.82. The van der Waals surface area contributed by atoms with E-state index in [4.69, 9.17) is 0 Å². The Labute approximate surface area is 214 Å². The fourth-order valence-corrected chi connectivity index (χ4v) is 5.54. The van der Waals surface area contributed by atoms with Gasteiger partial charge in [-0.25, -0.2) is 14.8 Å². The first kappa shape index (κ1) is 25.5. The number of carbonyl (C=O) groups is 3. The van der Waals surface area contributed by atoms with Crippen LogP contribution in [-0.4, -0.2) is 38.9 Å². The molecule has 0 aliphatic heterocycles. The van der Waals surface area contributed by atoms with Crippen molar-refractivity contribution in [2.24, 2.45) is 11.8 Å². The van der Waals surface area contributed by atoms with Gasteiger partial charge in [0.1, 0.15) is 16.9 Å². The predicted molar refractivity (Wildman–Crippen MR) is 140 cm³/mol. The zero-order valence-electron chi connectivity index (χ0n) is 20.6. The van der Waals surface area contributed by atoms with Crippen molar-refractivity contribution in [2.45, 2.75) is 52.5 Å². The highest BCUT2D eigenvalue weighted by atomic mass is 32.1. The maximum Gasteiger partial charge on any atom is 0.348 e. The number of hydrogen-bond donors (Lipinski definition) is 2. The number of amides is 2. The minimum absolute atomic E-state index is 0.00605. The molecule has 2 aromatic heterocycles. The molecule has 0 spiro atoms. The summed E-state index contributed by atoms with van der Waals surface area (Å²) in [6.45, 7) is 6.05. The summed E-state index contributed by atoms with van der Waals surface area (Å²) in [7, 11) is 0. The molecule has 8 nitrogen and oxygen atoms in total. The van der Waals surface area contributed by atoms with Crippen molar-refractivity contribution in [2.75, 3.05) is 10.2 Å². The average molecular weight is 507 g/mol. The fraction of sp³-hybridized carbons (Fsp3) is 0.370. The Kier molecular flexibility index (Phi) is 7.79. The lowest BCUT2D eigenvalue weighted by molar-refractivity contribution is -0.123. The molecule has 2 N–H and O–H groups in total. The van der Waals surface area contributed by atoms with E-state index >= 15 is 0 Å². The monoisotopic (exact) mass is 506 g/mol. The Morgan fingerprint density at radius 1 is 1.08 bits per heavy atom. The van der Waals surface area contributed by atoms with Gasteiger partial charge in [0.2, 0.25) is 5.91 Å². The van der Waals surface area contributed by atoms with Gasteiger partial charge < -0.3 is 15.3 Å². The molecule has 9 heteroatoms. The summed E-state index contributed by atoms with van der Waals surface area (Å²) in [5.74, 6) is -0.846. The van der Waals surface area contributed by atoms with Crippen LogP contribution in [0.5, 0.6) is 0 Å². The number of thiophene rings is 1. The summed E-state index contributed by atoms with van der Waals surface area (Å²) >= 11 is 1.15. The van der Waals surface area contributed by atoms with E-state index in [-0.39, 0.29) is 34.3 Å². The lowest BCUT2D eigenvalue weighted by Gasteiger charge is -2.33. The summed E-state index contributed by atoms with van der Waals surface area (Å²) in [6, 6.07) is 10.3. The van der Waals surface area contributed by atoms with Gasteiger partial charge in [-0.15, -0.1) is 11.3 Å². The third-order valence-electron chi connectivity index (χ3n) is 6.53. The first-order valence-corrected chi connectivity index (χ1v) is 12.9. The number of rotatable bonds is 7. The number of carboxylic acids is 1. The van der Waals surface area contributed by atoms with Gasteiger partial charge in [0.25, 0.3) is 5.91 Å². The van der Waals surface area contributed by atoms with Crippen LogP contribution in [0.25, 0.3) is 10.4 Å². The van der Waals surface area contributed by atoms with Crippen LogP contribution >= 0.6 is 11.3 Å². The Bertz CT molecular complexity index is 1230. The van der Waals surface area contributed by atoms with Crippen molar-refractivity contribution in [1.29, 1.82) is 0 Å². The predicted octanol–water partition coefficient (Wildman–Crippen LogP) is 5.72. The molecule has 1 fully saturated rings. The first-order chi connectivity index (χ1) is 17.2. The normalized spacial score (nSPS) is 17.6. The van der Waals surface area contributed by atoms with E-state index in [0.717, 1.165) is 47.5 Å². The molecule has 0 atom stereocenters. The molecule has 0 unspecified atom stereocenters. The van der Waals surface area contributed by atoms with Gasteiger partial charge >= 0.3 is 5.97 Å². The van der Waals surface area contributed by atoms with E-state index in [9.17, 15) is 19.5 Å². The van der Waals surface area contributed by atoms with Crippen molar-refractivity contribution in [3.8, 4) is 10.4 Å². The lowest BCUT2D eigenvalue weighted by Crippen LogP contribution is -2.42. The van der Waals surface area contributed by atoms with Crippen LogP contribution in [0.3, 0.4) is 0 Å². The highest BCUT2D eigenvalue weighted by molar-refractivity contribution is 7.18. The van der Waals surface area contributed by atoms with E-state index in [1.165, 1.54) is 18.6 Å². The highest BCUT2D eigenvalue weighted by Gasteiger charge is 2.33. The van der Waals surface area contributed by atoms with Crippen molar-refractivity contribution in [3.63, 3.8) is 0 Å². The maximum atomic E-state index is 13.5. The van der Waals surface area contributed by atoms with Gasteiger partial charge in [0, 0.05) is 28.7 Å². The Morgan fingerprint density at radius 3 is 2.36 bits per heavy atom. The Hall–Kier alpha value is -3.59. The van der Waals surface area contributed by atoms with E-state index in [2.05, 4.69) is 22.2 Å². The maximum absolute atomic E-state index is 13.5. The summed E-state index contributed by atoms with van der Waals surface area (Å²) in [4.78, 5) is 48.3. The smallest absolute Gasteiger partial charge is 0.348 e. The molecule has 1 aromatic carbocycles. The van der Waals surface area contributed by atoms with Gasteiger partial charge in [-0.2, -0.15) is 0 Å². The highest BCUT2D eigenvalue weighted by Crippen LogP contribution is 2.40. The van der Waals surface area contributed by atoms with Crippen LogP contribution in [0, 0.1) is 11.8 Å². The second-order valence-electron chi connectivity index (χ2n) is 9.52. The fourth-order valence-electron chi connectivity index (χ4n) is 4.55. The third kappa shape index (κ3) is 5.62. The van der Waals surface area contributed by atoms with Gasteiger partial charge in [-0.3, -0.25) is 9.59 Å². The van der Waals surface area contributed by atoms with Crippen LogP contribution in [-0.2, 0) is 4.79 Å². The van der Waals surface area contributed by atoms with Crippen LogP contribution in [0.4, 0.5) is 11.4 Å². The minimum Gasteiger partial charge on any atom is -0.477 e. The molecule has 0 bridgehead atoms. The Morgan fingerprint density at radius 2 is 1.78 bits per heavy atom. The molecular formula is C27H30N4O4S. The summed E-state index contributed by atoms with van der Waals surface area (Å²) < 4.78 is 0. The van der Waals surface area contributed by atoms with E-state index < -0.39 is 5.97 Å². The zero-order chi connectivity index (χ0) is 25.8. The third-order valence-corrected chi connectivity index (χ3v) is 7.69. The van der Waals surface area contributed by atoms with Crippen molar-refractivity contribution in [1.82, 2.24) is 9.97 Å². The number of carbonyl (C=O) groups excluding carboxylic acids is 2. The zero-order valence-corrected chi connectivity index (χ0v) is 21.4. The van der Waals surface area contributed by atoms with E-state index in [0.29, 0.717) is 17.3 Å². The van der Waals surface area contributed by atoms with E-state index in [1.807, 2.05) is 26.0 Å². The number of anilines is 2. The molecule has 1 saturated carbocycles. The van der Waals surface area contributed by atoms with Crippen molar-refractivity contribution in [3.05, 3.63) is 59.5 Å². The number of aromatic carboxylic acids is 1. The second kappa shape index (κ2) is 11.0. The SMILES string of the molecule is CC(C)N(c1cc(-c2ccc(NC(=O)c3ccncn3)cc2)sc1C(=O)O)C(=O)[C@H]1CC[C@H](C)CC1. The van der Waals surface area contributed by atoms with Gasteiger partial charge in [-0.1, -0.05) is 19.1 Å². The number of aromatic nitrogens is 2. The topological polar surface area (TPSA) is 112 Å². The Balaban J connectivity index is 1.58. The van der Waals surface area contributed by atoms with Gasteiger partial charge in [0.05, 0.1) is 5.69 Å². The molecule has 188 valence electrons. The van der Waals surface area contributed by atoms with Crippen LogP contribution in [0.1, 0.15) is 66.6 Å². The number of nitrogens with one attached hydrogen (secondary N) is 1. The van der Waals surface area contributed by atoms with Crippen LogP contribution < -0.4 is 10.2 Å². The molecule has 0 saturated heterocycles. The number of carboxylic acid groups (broad SMARTS) is 1. The molecule has 36 heavy (non-hydrogen) atoms. The molecule has 3 aromatic rings. The molecule has 1 aliphatic rings. The molecular weight excluding hydrogens is 476 g/mol. The molecule has 4 rings (SSSR count). The minimum atomic E-state index is -1.05. The molecule has 2 amide bonds. The van der Waals surface area contributed by atoms with Gasteiger partial charge in [0.15, 0.2) is 0 Å². The van der Waals surface area contributed by atoms with Crippen LogP contribution in [0.15, 0.2) is 48.9 Å². The van der Waals surface area contributed by atoms with E-state index in [1.54, 1.807) is 23.1 Å². The molecule has 0 radical (unpaired) electrons. The van der Waals surface area contributed by atoms with Crippen LogP contribution in [0.2, 0.25) is 0 Å². The largest absolute Gasteiger partial charge is 0.477 e. The average Bonchev–Trinajstić information content (AvgIpc) is 3.30.